The van der Waals surface area contributed by atoms with Crippen LogP contribution in [0, 0.1) is 11.8 Å². The Balaban J connectivity index is 1.47. The maximum Gasteiger partial charge on any atom is 0.0379 e. The monoisotopic (exact) mass is 327 g/mol. The van der Waals surface area contributed by atoms with Gasteiger partial charge in [-0.2, -0.15) is 0 Å². The standard InChI is InChI=1S/C21H33N3/c1-22-12-13-24(14-17-8-4-3-5-9-17)16-20(22)21-19-11-7-6-10-18(19)15-23(21)2/h3-5,8-9,18-21H,6-7,10-16H2,1-2H3. The smallest absolute Gasteiger partial charge is 0.0379 e. The Morgan fingerprint density at radius 1 is 0.917 bits per heavy atom. The highest BCUT2D eigenvalue weighted by Gasteiger charge is 2.46. The van der Waals surface area contributed by atoms with E-state index in [2.05, 4.69) is 59.1 Å². The SMILES string of the molecule is CN1CCN(Cc2ccccc2)CC1C1C2CCCCC2CN1C. The second-order valence-corrected chi connectivity index (χ2v) is 8.41. The summed E-state index contributed by atoms with van der Waals surface area (Å²) in [6, 6.07) is 12.4. The minimum atomic E-state index is 0.695. The first-order valence-corrected chi connectivity index (χ1v) is 9.89. The summed E-state index contributed by atoms with van der Waals surface area (Å²) in [5.74, 6) is 1.90. The summed E-state index contributed by atoms with van der Waals surface area (Å²) in [5.41, 5.74) is 1.45. The van der Waals surface area contributed by atoms with Crippen LogP contribution in [0.1, 0.15) is 31.2 Å². The maximum absolute atomic E-state index is 2.70. The molecule has 4 rings (SSSR count). The third-order valence-electron chi connectivity index (χ3n) is 6.86. The van der Waals surface area contributed by atoms with Crippen LogP contribution in [-0.4, -0.2) is 67.1 Å². The van der Waals surface area contributed by atoms with E-state index >= 15 is 0 Å². The van der Waals surface area contributed by atoms with Gasteiger partial charge in [-0.3, -0.25) is 9.80 Å². The molecule has 24 heavy (non-hydrogen) atoms. The van der Waals surface area contributed by atoms with Gasteiger partial charge in [0.2, 0.25) is 0 Å². The molecule has 0 spiro atoms. The van der Waals surface area contributed by atoms with Crippen molar-refractivity contribution in [3.8, 4) is 0 Å². The summed E-state index contributed by atoms with van der Waals surface area (Å²) in [6.07, 6.45) is 5.84. The van der Waals surface area contributed by atoms with E-state index in [1.807, 2.05) is 0 Å². The van der Waals surface area contributed by atoms with Crippen molar-refractivity contribution in [3.63, 3.8) is 0 Å². The molecule has 3 aliphatic rings. The molecular weight excluding hydrogens is 294 g/mol. The van der Waals surface area contributed by atoms with Gasteiger partial charge in [0.05, 0.1) is 0 Å². The second kappa shape index (κ2) is 7.15. The van der Waals surface area contributed by atoms with Crippen LogP contribution in [0.2, 0.25) is 0 Å². The highest BCUT2D eigenvalue weighted by atomic mass is 15.3. The lowest BCUT2D eigenvalue weighted by molar-refractivity contribution is 0.0301. The van der Waals surface area contributed by atoms with E-state index in [0.29, 0.717) is 6.04 Å². The number of likely N-dealkylation sites (N-methyl/N-ethyl adjacent to an activating group) is 2. The van der Waals surface area contributed by atoms with Crippen molar-refractivity contribution in [1.82, 2.24) is 14.7 Å². The van der Waals surface area contributed by atoms with Crippen LogP contribution in [0.4, 0.5) is 0 Å². The van der Waals surface area contributed by atoms with Gasteiger partial charge in [0.15, 0.2) is 0 Å². The molecule has 1 aromatic rings. The number of benzene rings is 1. The van der Waals surface area contributed by atoms with Gasteiger partial charge >= 0.3 is 0 Å². The third kappa shape index (κ3) is 3.26. The molecule has 1 saturated carbocycles. The van der Waals surface area contributed by atoms with Gasteiger partial charge in [0.25, 0.3) is 0 Å². The Hall–Kier alpha value is -0.900. The van der Waals surface area contributed by atoms with E-state index in [9.17, 15) is 0 Å². The van der Waals surface area contributed by atoms with Crippen LogP contribution in [-0.2, 0) is 6.54 Å². The maximum atomic E-state index is 2.70. The van der Waals surface area contributed by atoms with Crippen LogP contribution in [0.15, 0.2) is 30.3 Å². The van der Waals surface area contributed by atoms with Crippen molar-refractivity contribution in [2.45, 2.75) is 44.3 Å². The molecule has 2 aliphatic heterocycles. The number of nitrogens with zero attached hydrogens (tertiary/aromatic N) is 3. The molecule has 0 amide bonds. The fourth-order valence-corrected chi connectivity index (χ4v) is 5.62. The normalized spacial score (nSPS) is 35.9. The number of fused-ring (bicyclic) bond motifs is 1. The lowest BCUT2D eigenvalue weighted by atomic mass is 9.76. The zero-order chi connectivity index (χ0) is 16.5. The lowest BCUT2D eigenvalue weighted by Gasteiger charge is -2.46. The van der Waals surface area contributed by atoms with E-state index in [1.165, 1.54) is 57.4 Å². The van der Waals surface area contributed by atoms with Crippen LogP contribution in [0.3, 0.4) is 0 Å². The zero-order valence-electron chi connectivity index (χ0n) is 15.4. The van der Waals surface area contributed by atoms with Gasteiger partial charge in [-0.1, -0.05) is 43.2 Å². The van der Waals surface area contributed by atoms with Crippen LogP contribution < -0.4 is 0 Å². The Labute approximate surface area is 147 Å². The molecule has 0 N–H and O–H groups in total. The Morgan fingerprint density at radius 2 is 1.71 bits per heavy atom. The Bertz CT molecular complexity index is 531. The fraction of sp³-hybridized carbons (Fsp3) is 0.714. The first-order valence-electron chi connectivity index (χ1n) is 9.89. The Morgan fingerprint density at radius 3 is 2.54 bits per heavy atom. The summed E-state index contributed by atoms with van der Waals surface area (Å²) < 4.78 is 0. The summed E-state index contributed by atoms with van der Waals surface area (Å²) in [4.78, 5) is 8.04. The molecule has 0 bridgehead atoms. The highest BCUT2D eigenvalue weighted by molar-refractivity contribution is 5.15. The largest absolute Gasteiger partial charge is 0.301 e. The summed E-state index contributed by atoms with van der Waals surface area (Å²) >= 11 is 0. The molecule has 1 aliphatic carbocycles. The van der Waals surface area contributed by atoms with E-state index in [4.69, 9.17) is 0 Å². The first-order chi connectivity index (χ1) is 11.7. The molecule has 3 nitrogen and oxygen atoms in total. The van der Waals surface area contributed by atoms with E-state index in [0.717, 1.165) is 24.4 Å². The van der Waals surface area contributed by atoms with Crippen LogP contribution in [0.5, 0.6) is 0 Å². The van der Waals surface area contributed by atoms with Crippen molar-refractivity contribution >= 4 is 0 Å². The van der Waals surface area contributed by atoms with Gasteiger partial charge in [0, 0.05) is 44.8 Å². The molecule has 0 radical (unpaired) electrons. The lowest BCUT2D eigenvalue weighted by Crippen LogP contribution is -2.59. The molecule has 132 valence electrons. The number of rotatable bonds is 3. The van der Waals surface area contributed by atoms with Crippen molar-refractivity contribution in [2.75, 3.05) is 40.3 Å². The molecule has 2 saturated heterocycles. The molecule has 4 atom stereocenters. The van der Waals surface area contributed by atoms with E-state index in [1.54, 1.807) is 0 Å². The molecule has 4 unspecified atom stereocenters. The molecule has 3 heteroatoms. The van der Waals surface area contributed by atoms with E-state index in [-0.39, 0.29) is 0 Å². The number of piperazine rings is 1. The summed E-state index contributed by atoms with van der Waals surface area (Å²) in [5, 5.41) is 0. The minimum Gasteiger partial charge on any atom is -0.301 e. The van der Waals surface area contributed by atoms with Gasteiger partial charge in [-0.05, 0) is 44.3 Å². The van der Waals surface area contributed by atoms with Crippen molar-refractivity contribution in [2.24, 2.45) is 11.8 Å². The quantitative estimate of drug-likeness (QED) is 0.845. The van der Waals surface area contributed by atoms with Gasteiger partial charge in [-0.15, -0.1) is 0 Å². The molecular formula is C21H33N3. The second-order valence-electron chi connectivity index (χ2n) is 8.41. The number of hydrogen-bond acceptors (Lipinski definition) is 3. The molecule has 1 aromatic carbocycles. The Kier molecular flexibility index (Phi) is 4.93. The average Bonchev–Trinajstić information content (AvgIpc) is 2.93. The van der Waals surface area contributed by atoms with Gasteiger partial charge in [0.1, 0.15) is 0 Å². The summed E-state index contributed by atoms with van der Waals surface area (Å²) in [7, 11) is 4.74. The van der Waals surface area contributed by atoms with Crippen molar-refractivity contribution in [3.05, 3.63) is 35.9 Å². The van der Waals surface area contributed by atoms with Crippen molar-refractivity contribution in [1.29, 1.82) is 0 Å². The minimum absolute atomic E-state index is 0.695. The highest BCUT2D eigenvalue weighted by Crippen LogP contribution is 2.42. The van der Waals surface area contributed by atoms with Crippen molar-refractivity contribution < 1.29 is 0 Å². The van der Waals surface area contributed by atoms with Gasteiger partial charge < -0.3 is 4.90 Å². The van der Waals surface area contributed by atoms with Crippen LogP contribution in [0.25, 0.3) is 0 Å². The van der Waals surface area contributed by atoms with Gasteiger partial charge in [-0.25, -0.2) is 0 Å². The first kappa shape index (κ1) is 16.6. The molecule has 0 aromatic heterocycles. The average molecular weight is 328 g/mol. The predicted octanol–water partition coefficient (Wildman–Crippen LogP) is 2.92. The fourth-order valence-electron chi connectivity index (χ4n) is 5.62. The number of likely N-dealkylation sites (tertiary alicyclic amines) is 1. The number of hydrogen-bond donors (Lipinski definition) is 0. The predicted molar refractivity (Wildman–Crippen MR) is 100 cm³/mol. The summed E-state index contributed by atoms with van der Waals surface area (Å²) in [6.45, 7) is 6.07. The topological polar surface area (TPSA) is 9.72 Å². The van der Waals surface area contributed by atoms with Crippen LogP contribution >= 0.6 is 0 Å². The third-order valence-corrected chi connectivity index (χ3v) is 6.86. The molecule has 3 fully saturated rings. The van der Waals surface area contributed by atoms with E-state index < -0.39 is 0 Å². The zero-order valence-corrected chi connectivity index (χ0v) is 15.4. The molecule has 2 heterocycles.